The van der Waals surface area contributed by atoms with Crippen LogP contribution in [0.25, 0.3) is 0 Å². The number of hydrogen-bond donors (Lipinski definition) is 1. The Morgan fingerprint density at radius 2 is 1.77 bits per heavy atom. The average Bonchev–Trinajstić information content (AvgIpc) is 2.62. The van der Waals surface area contributed by atoms with Crippen molar-refractivity contribution in [1.82, 2.24) is 0 Å². The average molecular weight is 376 g/mol. The van der Waals surface area contributed by atoms with Crippen molar-refractivity contribution >= 4 is 18.2 Å². The highest BCUT2D eigenvalue weighted by molar-refractivity contribution is 7.83. The SMILES string of the molecule is CCOP(=O)(C(=O)c1c(C)cc(C)c(OCCO)c1C)c1ccccc1. The molecule has 0 aromatic heterocycles. The van der Waals surface area contributed by atoms with Gasteiger partial charge in [-0.3, -0.25) is 9.36 Å². The number of carbonyl (C=O) groups excluding carboxylic acids is 1. The van der Waals surface area contributed by atoms with Gasteiger partial charge in [0.25, 0.3) is 5.52 Å². The number of carbonyl (C=O) groups is 1. The first kappa shape index (κ1) is 20.4. The second-order valence-electron chi connectivity index (χ2n) is 6.02. The molecule has 0 aliphatic carbocycles. The smallest absolute Gasteiger partial charge is 0.300 e. The van der Waals surface area contributed by atoms with Gasteiger partial charge in [-0.2, -0.15) is 0 Å². The second-order valence-corrected chi connectivity index (χ2v) is 8.31. The fraction of sp³-hybridized carbons (Fsp3) is 0.350. The van der Waals surface area contributed by atoms with E-state index >= 15 is 0 Å². The Bertz CT molecular complexity index is 830. The Kier molecular flexibility index (Phi) is 6.76. The maximum Gasteiger partial charge on any atom is 0.300 e. The summed E-state index contributed by atoms with van der Waals surface area (Å²) in [5.41, 5.74) is 2.00. The van der Waals surface area contributed by atoms with E-state index in [0.717, 1.165) is 11.1 Å². The lowest BCUT2D eigenvalue weighted by Crippen LogP contribution is -2.18. The lowest BCUT2D eigenvalue weighted by Gasteiger charge is -2.21. The van der Waals surface area contributed by atoms with E-state index < -0.39 is 12.9 Å². The predicted octanol–water partition coefficient (Wildman–Crippen LogP) is 3.76. The molecule has 140 valence electrons. The summed E-state index contributed by atoms with van der Waals surface area (Å²) in [6.45, 7) is 7.33. The van der Waals surface area contributed by atoms with Crippen LogP contribution in [-0.4, -0.2) is 30.5 Å². The molecule has 0 radical (unpaired) electrons. The Labute approximate surface area is 154 Å². The van der Waals surface area contributed by atoms with Gasteiger partial charge in [-0.1, -0.05) is 24.3 Å². The lowest BCUT2D eigenvalue weighted by molar-refractivity contribution is 0.105. The van der Waals surface area contributed by atoms with Crippen LogP contribution in [0.15, 0.2) is 36.4 Å². The third kappa shape index (κ3) is 3.90. The molecule has 2 aromatic rings. The van der Waals surface area contributed by atoms with Crippen molar-refractivity contribution in [3.63, 3.8) is 0 Å². The number of ether oxygens (including phenoxy) is 1. The monoisotopic (exact) mass is 376 g/mol. The molecular formula is C20H25O5P. The molecule has 0 saturated carbocycles. The van der Waals surface area contributed by atoms with Crippen LogP contribution in [0, 0.1) is 20.8 Å². The molecule has 0 spiro atoms. The van der Waals surface area contributed by atoms with Gasteiger partial charge in [0.2, 0.25) is 0 Å². The molecular weight excluding hydrogens is 351 g/mol. The van der Waals surface area contributed by atoms with Gasteiger partial charge < -0.3 is 14.4 Å². The molecule has 0 aliphatic rings. The Morgan fingerprint density at radius 1 is 1.12 bits per heavy atom. The number of aliphatic hydroxyl groups is 1. The summed E-state index contributed by atoms with van der Waals surface area (Å²) in [4.78, 5) is 13.3. The van der Waals surface area contributed by atoms with Crippen molar-refractivity contribution in [3.8, 4) is 5.75 Å². The van der Waals surface area contributed by atoms with Crippen LogP contribution in [0.1, 0.15) is 34.0 Å². The highest BCUT2D eigenvalue weighted by Crippen LogP contribution is 2.50. The molecule has 1 N–H and O–H groups in total. The molecule has 26 heavy (non-hydrogen) atoms. The molecule has 1 atom stereocenters. The standard InChI is InChI=1S/C20H25O5P/c1-5-25-26(23,17-9-7-6-8-10-17)20(22)18-14(2)13-15(3)19(16(18)4)24-12-11-21/h6-10,13,21H,5,11-12H2,1-4H3. The summed E-state index contributed by atoms with van der Waals surface area (Å²) in [5, 5.41) is 9.41. The van der Waals surface area contributed by atoms with E-state index in [-0.39, 0.29) is 19.8 Å². The van der Waals surface area contributed by atoms with E-state index in [2.05, 4.69) is 0 Å². The number of aryl methyl sites for hydroxylation is 2. The molecule has 2 aromatic carbocycles. The Morgan fingerprint density at radius 3 is 2.35 bits per heavy atom. The molecule has 0 bridgehead atoms. The van der Waals surface area contributed by atoms with Crippen LogP contribution in [0.3, 0.4) is 0 Å². The minimum atomic E-state index is -3.74. The van der Waals surface area contributed by atoms with Crippen LogP contribution in [0.2, 0.25) is 0 Å². The normalized spacial score (nSPS) is 13.3. The molecule has 0 amide bonds. The summed E-state index contributed by atoms with van der Waals surface area (Å²) in [7, 11) is -3.74. The molecule has 0 aliphatic heterocycles. The van der Waals surface area contributed by atoms with Crippen LogP contribution in [-0.2, 0) is 9.09 Å². The van der Waals surface area contributed by atoms with Crippen LogP contribution in [0.4, 0.5) is 0 Å². The topological polar surface area (TPSA) is 72.8 Å². The predicted molar refractivity (Wildman–Crippen MR) is 103 cm³/mol. The highest BCUT2D eigenvalue weighted by Gasteiger charge is 2.38. The third-order valence-electron chi connectivity index (χ3n) is 4.13. The second kappa shape index (κ2) is 8.63. The maximum absolute atomic E-state index is 13.6. The van der Waals surface area contributed by atoms with E-state index in [0.29, 0.717) is 22.2 Å². The van der Waals surface area contributed by atoms with Crippen LogP contribution >= 0.6 is 7.37 Å². The first-order valence-corrected chi connectivity index (χ1v) is 10.2. The van der Waals surface area contributed by atoms with Crippen LogP contribution in [0.5, 0.6) is 5.75 Å². The van der Waals surface area contributed by atoms with Gasteiger partial charge in [-0.05, 0) is 51.0 Å². The summed E-state index contributed by atoms with van der Waals surface area (Å²) < 4.78 is 24.7. The molecule has 0 heterocycles. The van der Waals surface area contributed by atoms with Crippen molar-refractivity contribution < 1.29 is 23.7 Å². The zero-order valence-electron chi connectivity index (χ0n) is 15.6. The fourth-order valence-electron chi connectivity index (χ4n) is 3.07. The molecule has 5 nitrogen and oxygen atoms in total. The van der Waals surface area contributed by atoms with Gasteiger partial charge in [0.1, 0.15) is 12.4 Å². The van der Waals surface area contributed by atoms with Crippen molar-refractivity contribution in [2.75, 3.05) is 19.8 Å². The fourth-order valence-corrected chi connectivity index (χ4v) is 5.14. The Hall–Kier alpha value is -1.94. The lowest BCUT2D eigenvalue weighted by atomic mass is 9.99. The quantitative estimate of drug-likeness (QED) is 0.710. The first-order chi connectivity index (χ1) is 12.4. The third-order valence-corrected chi connectivity index (χ3v) is 6.49. The molecule has 0 fully saturated rings. The maximum atomic E-state index is 13.6. The molecule has 2 rings (SSSR count). The molecule has 1 unspecified atom stereocenters. The van der Waals surface area contributed by atoms with Crippen molar-refractivity contribution in [1.29, 1.82) is 0 Å². The van der Waals surface area contributed by atoms with Gasteiger partial charge in [0, 0.05) is 16.4 Å². The van der Waals surface area contributed by atoms with E-state index in [4.69, 9.17) is 14.4 Å². The summed E-state index contributed by atoms with van der Waals surface area (Å²) in [5.74, 6) is 0.532. The van der Waals surface area contributed by atoms with Gasteiger partial charge in [0.15, 0.2) is 0 Å². The number of hydrogen-bond acceptors (Lipinski definition) is 5. The summed E-state index contributed by atoms with van der Waals surface area (Å²) in [6, 6.07) is 10.4. The molecule has 0 saturated heterocycles. The van der Waals surface area contributed by atoms with Gasteiger partial charge >= 0.3 is 7.37 Å². The minimum absolute atomic E-state index is 0.125. The minimum Gasteiger partial charge on any atom is -0.491 e. The zero-order chi connectivity index (χ0) is 19.3. The van der Waals surface area contributed by atoms with Gasteiger partial charge in [0.05, 0.1) is 13.2 Å². The summed E-state index contributed by atoms with van der Waals surface area (Å²) in [6.07, 6.45) is 0. The van der Waals surface area contributed by atoms with Crippen molar-refractivity contribution in [3.05, 3.63) is 58.7 Å². The molecule has 6 heteroatoms. The summed E-state index contributed by atoms with van der Waals surface area (Å²) >= 11 is 0. The highest BCUT2D eigenvalue weighted by atomic mass is 31.2. The van der Waals surface area contributed by atoms with Crippen LogP contribution < -0.4 is 10.0 Å². The van der Waals surface area contributed by atoms with Crippen molar-refractivity contribution in [2.24, 2.45) is 0 Å². The Balaban J connectivity index is 2.61. The van der Waals surface area contributed by atoms with Gasteiger partial charge in [-0.25, -0.2) is 0 Å². The first-order valence-electron chi connectivity index (χ1n) is 8.56. The van der Waals surface area contributed by atoms with Crippen molar-refractivity contribution in [2.45, 2.75) is 27.7 Å². The number of benzene rings is 2. The van der Waals surface area contributed by atoms with E-state index in [1.165, 1.54) is 0 Å². The van der Waals surface area contributed by atoms with Gasteiger partial charge in [-0.15, -0.1) is 0 Å². The largest absolute Gasteiger partial charge is 0.491 e. The van der Waals surface area contributed by atoms with E-state index in [1.54, 1.807) is 44.2 Å². The number of rotatable bonds is 8. The number of aliphatic hydroxyl groups excluding tert-OH is 1. The van der Waals surface area contributed by atoms with E-state index in [1.807, 2.05) is 19.9 Å². The van der Waals surface area contributed by atoms with E-state index in [9.17, 15) is 9.36 Å². The zero-order valence-corrected chi connectivity index (χ0v) is 16.5.